The zero-order valence-corrected chi connectivity index (χ0v) is 13.8. The quantitative estimate of drug-likeness (QED) is 0.897. The predicted octanol–water partition coefficient (Wildman–Crippen LogP) is 3.53. The van der Waals surface area contributed by atoms with Crippen molar-refractivity contribution in [2.75, 3.05) is 5.32 Å². The summed E-state index contributed by atoms with van der Waals surface area (Å²) in [4.78, 5) is 16.3. The molecule has 0 radical (unpaired) electrons. The highest BCUT2D eigenvalue weighted by atomic mass is 35.5. The third-order valence-corrected chi connectivity index (χ3v) is 4.05. The van der Waals surface area contributed by atoms with E-state index in [0.717, 1.165) is 35.9 Å². The van der Waals surface area contributed by atoms with Crippen molar-refractivity contribution < 1.29 is 4.79 Å². The molecular weight excluding hydrogens is 321 g/mol. The second kappa shape index (κ2) is 8.32. The maximum Gasteiger partial charge on any atom is 0.224 e. The van der Waals surface area contributed by atoms with Crippen molar-refractivity contribution in [2.45, 2.75) is 31.7 Å². The molecule has 1 aliphatic rings. The van der Waals surface area contributed by atoms with E-state index >= 15 is 0 Å². The molecule has 6 heteroatoms. The van der Waals surface area contributed by atoms with E-state index in [1.165, 1.54) is 0 Å². The average molecular weight is 342 g/mol. The Kier molecular flexibility index (Phi) is 7.07. The van der Waals surface area contributed by atoms with Gasteiger partial charge in [-0.15, -0.1) is 24.8 Å². The molecule has 0 saturated heterocycles. The molecule has 1 aliphatic carbocycles. The van der Waals surface area contributed by atoms with Gasteiger partial charge >= 0.3 is 0 Å². The van der Waals surface area contributed by atoms with E-state index in [-0.39, 0.29) is 36.8 Å². The molecule has 120 valence electrons. The van der Waals surface area contributed by atoms with Crippen LogP contribution in [0.2, 0.25) is 0 Å². The van der Waals surface area contributed by atoms with E-state index in [9.17, 15) is 4.79 Å². The Hall–Kier alpha value is -1.36. The Morgan fingerprint density at radius 3 is 2.82 bits per heavy atom. The van der Waals surface area contributed by atoms with E-state index in [1.54, 1.807) is 6.20 Å². The standard InChI is InChI=1S/C16H19N3O.2ClH/c17-14-5-1-3-11(14)10-16(20)19-13-6-7-15-12(9-13)4-2-8-18-15;;/h2,4,6-9,11,14H,1,3,5,10,17H2,(H,19,20);2*1H/t11-,14+;;/m0../s1. The first-order valence-electron chi connectivity index (χ1n) is 7.12. The van der Waals surface area contributed by atoms with Crippen molar-refractivity contribution in [1.29, 1.82) is 0 Å². The van der Waals surface area contributed by atoms with E-state index in [4.69, 9.17) is 5.73 Å². The third-order valence-electron chi connectivity index (χ3n) is 4.05. The Labute approximate surface area is 142 Å². The SMILES string of the molecule is Cl.Cl.N[C@@H]1CCC[C@H]1CC(=O)Nc1ccc2ncccc2c1. The van der Waals surface area contributed by atoms with Gasteiger partial charge in [-0.25, -0.2) is 0 Å². The molecule has 1 fully saturated rings. The summed E-state index contributed by atoms with van der Waals surface area (Å²) in [6.45, 7) is 0. The van der Waals surface area contributed by atoms with Crippen LogP contribution in [-0.2, 0) is 4.79 Å². The van der Waals surface area contributed by atoms with Crippen LogP contribution in [0.15, 0.2) is 36.5 Å². The van der Waals surface area contributed by atoms with Crippen molar-refractivity contribution in [3.8, 4) is 0 Å². The summed E-state index contributed by atoms with van der Waals surface area (Å²) in [6.07, 6.45) is 5.53. The lowest BCUT2D eigenvalue weighted by Gasteiger charge is -2.14. The molecule has 0 bridgehead atoms. The molecule has 3 rings (SSSR count). The highest BCUT2D eigenvalue weighted by molar-refractivity contribution is 5.93. The number of amides is 1. The summed E-state index contributed by atoms with van der Waals surface area (Å²) in [5.41, 5.74) is 7.76. The van der Waals surface area contributed by atoms with Crippen molar-refractivity contribution in [3.63, 3.8) is 0 Å². The van der Waals surface area contributed by atoms with Crippen molar-refractivity contribution in [1.82, 2.24) is 4.98 Å². The zero-order valence-electron chi connectivity index (χ0n) is 12.2. The molecule has 2 atom stereocenters. The lowest BCUT2D eigenvalue weighted by Crippen LogP contribution is -2.28. The first-order chi connectivity index (χ1) is 9.72. The van der Waals surface area contributed by atoms with Gasteiger partial charge in [0.15, 0.2) is 0 Å². The fourth-order valence-electron chi connectivity index (χ4n) is 2.92. The van der Waals surface area contributed by atoms with Crippen molar-refractivity contribution in [3.05, 3.63) is 36.5 Å². The van der Waals surface area contributed by atoms with Gasteiger partial charge in [-0.2, -0.15) is 0 Å². The number of aromatic nitrogens is 1. The molecule has 2 aromatic rings. The number of halogens is 2. The fourth-order valence-corrected chi connectivity index (χ4v) is 2.92. The minimum Gasteiger partial charge on any atom is -0.327 e. The number of carbonyl (C=O) groups excluding carboxylic acids is 1. The van der Waals surface area contributed by atoms with Gasteiger partial charge in [0.2, 0.25) is 5.91 Å². The van der Waals surface area contributed by atoms with Crippen LogP contribution in [0.4, 0.5) is 5.69 Å². The first-order valence-corrected chi connectivity index (χ1v) is 7.12. The number of hydrogen-bond donors (Lipinski definition) is 2. The number of nitrogens with one attached hydrogen (secondary N) is 1. The predicted molar refractivity (Wildman–Crippen MR) is 94.8 cm³/mol. The van der Waals surface area contributed by atoms with Crippen LogP contribution in [0, 0.1) is 5.92 Å². The molecule has 0 spiro atoms. The van der Waals surface area contributed by atoms with Gasteiger partial charge in [0.25, 0.3) is 0 Å². The van der Waals surface area contributed by atoms with E-state index < -0.39 is 0 Å². The number of carbonyl (C=O) groups is 1. The normalized spacial score (nSPS) is 20.0. The van der Waals surface area contributed by atoms with Gasteiger partial charge in [0.05, 0.1) is 5.52 Å². The van der Waals surface area contributed by atoms with E-state index in [0.29, 0.717) is 12.3 Å². The molecule has 0 unspecified atom stereocenters. The summed E-state index contributed by atoms with van der Waals surface area (Å²) in [5.74, 6) is 0.382. The topological polar surface area (TPSA) is 68.0 Å². The van der Waals surface area contributed by atoms with Crippen molar-refractivity contribution >= 4 is 47.3 Å². The van der Waals surface area contributed by atoms with Gasteiger partial charge in [-0.05, 0) is 43.0 Å². The second-order valence-corrected chi connectivity index (χ2v) is 5.52. The lowest BCUT2D eigenvalue weighted by molar-refractivity contribution is -0.117. The van der Waals surface area contributed by atoms with Gasteiger partial charge in [-0.3, -0.25) is 9.78 Å². The maximum atomic E-state index is 12.1. The Bertz CT molecular complexity index is 636. The van der Waals surface area contributed by atoms with Crippen LogP contribution in [0.3, 0.4) is 0 Å². The Morgan fingerprint density at radius 2 is 2.09 bits per heavy atom. The summed E-state index contributed by atoms with van der Waals surface area (Å²) in [5, 5.41) is 3.99. The van der Waals surface area contributed by atoms with Gasteiger partial charge < -0.3 is 11.1 Å². The summed E-state index contributed by atoms with van der Waals surface area (Å²) >= 11 is 0. The smallest absolute Gasteiger partial charge is 0.224 e. The fraction of sp³-hybridized carbons (Fsp3) is 0.375. The number of fused-ring (bicyclic) bond motifs is 1. The molecule has 4 nitrogen and oxygen atoms in total. The first kappa shape index (κ1) is 18.7. The highest BCUT2D eigenvalue weighted by Gasteiger charge is 2.25. The van der Waals surface area contributed by atoms with Crippen LogP contribution in [0.25, 0.3) is 10.9 Å². The average Bonchev–Trinajstić information content (AvgIpc) is 2.84. The number of rotatable bonds is 3. The molecular formula is C16H21Cl2N3O. The maximum absolute atomic E-state index is 12.1. The Balaban J connectivity index is 0.00000121. The molecule has 22 heavy (non-hydrogen) atoms. The van der Waals surface area contributed by atoms with Gasteiger partial charge in [0.1, 0.15) is 0 Å². The number of anilines is 1. The summed E-state index contributed by atoms with van der Waals surface area (Å²) < 4.78 is 0. The monoisotopic (exact) mass is 341 g/mol. The van der Waals surface area contributed by atoms with Crippen LogP contribution in [0.5, 0.6) is 0 Å². The van der Waals surface area contributed by atoms with E-state index in [2.05, 4.69) is 10.3 Å². The second-order valence-electron chi connectivity index (χ2n) is 5.52. The number of pyridine rings is 1. The minimum atomic E-state index is 0. The largest absolute Gasteiger partial charge is 0.327 e. The number of nitrogens with zero attached hydrogens (tertiary/aromatic N) is 1. The molecule has 1 amide bonds. The zero-order chi connectivity index (χ0) is 13.9. The van der Waals surface area contributed by atoms with Crippen LogP contribution in [0.1, 0.15) is 25.7 Å². The minimum absolute atomic E-state index is 0. The molecule has 3 N–H and O–H groups in total. The number of benzene rings is 1. The van der Waals surface area contributed by atoms with E-state index in [1.807, 2.05) is 30.3 Å². The van der Waals surface area contributed by atoms with Crippen LogP contribution >= 0.6 is 24.8 Å². The highest BCUT2D eigenvalue weighted by Crippen LogP contribution is 2.27. The van der Waals surface area contributed by atoms with Crippen LogP contribution in [-0.4, -0.2) is 16.9 Å². The molecule has 0 aliphatic heterocycles. The lowest BCUT2D eigenvalue weighted by atomic mass is 10.00. The van der Waals surface area contributed by atoms with Gasteiger partial charge in [-0.1, -0.05) is 12.5 Å². The number of nitrogens with two attached hydrogens (primary N) is 1. The van der Waals surface area contributed by atoms with Crippen molar-refractivity contribution in [2.24, 2.45) is 11.7 Å². The van der Waals surface area contributed by atoms with Gasteiger partial charge in [0, 0.05) is 29.7 Å². The molecule has 1 saturated carbocycles. The number of hydrogen-bond acceptors (Lipinski definition) is 3. The molecule has 1 aromatic heterocycles. The van der Waals surface area contributed by atoms with Crippen LogP contribution < -0.4 is 11.1 Å². The Morgan fingerprint density at radius 1 is 1.27 bits per heavy atom. The molecule has 1 aromatic carbocycles. The summed E-state index contributed by atoms with van der Waals surface area (Å²) in [7, 11) is 0. The summed E-state index contributed by atoms with van der Waals surface area (Å²) in [6, 6.07) is 9.83. The third kappa shape index (κ3) is 4.32. The molecule has 1 heterocycles.